The van der Waals surface area contributed by atoms with Crippen molar-refractivity contribution in [2.45, 2.75) is 37.5 Å². The summed E-state index contributed by atoms with van der Waals surface area (Å²) in [7, 11) is 0. The number of hydrogen-bond donors (Lipinski definition) is 0. The first kappa shape index (κ1) is 18.8. The zero-order valence-corrected chi connectivity index (χ0v) is 16.5. The van der Waals surface area contributed by atoms with E-state index in [9.17, 15) is 8.78 Å². The maximum absolute atomic E-state index is 14.0. The van der Waals surface area contributed by atoms with E-state index in [4.69, 9.17) is 9.47 Å². The monoisotopic (exact) mass is 437 g/mol. The summed E-state index contributed by atoms with van der Waals surface area (Å²) in [4.78, 5) is 2.39. The van der Waals surface area contributed by atoms with Crippen LogP contribution in [0.15, 0.2) is 46.9 Å². The first-order valence-corrected chi connectivity index (χ1v) is 10.1. The van der Waals surface area contributed by atoms with Crippen molar-refractivity contribution >= 4 is 15.9 Å². The number of ether oxygens (including phenoxy) is 2. The second kappa shape index (κ2) is 8.25. The van der Waals surface area contributed by atoms with Crippen LogP contribution in [0.3, 0.4) is 0 Å². The summed E-state index contributed by atoms with van der Waals surface area (Å²) in [6.45, 7) is 2.36. The molecule has 0 saturated carbocycles. The van der Waals surface area contributed by atoms with Crippen molar-refractivity contribution in [3.8, 4) is 5.75 Å². The van der Waals surface area contributed by atoms with Gasteiger partial charge in [0.15, 0.2) is 0 Å². The van der Waals surface area contributed by atoms with Gasteiger partial charge in [0, 0.05) is 29.2 Å². The Morgan fingerprint density at radius 3 is 2.59 bits per heavy atom. The molecule has 0 aromatic heterocycles. The third kappa shape index (κ3) is 4.50. The van der Waals surface area contributed by atoms with Crippen molar-refractivity contribution in [3.05, 3.63) is 64.1 Å². The molecule has 2 heterocycles. The SMILES string of the molecule is Fc1ccc(F)c([C@@H]2CC[C@@H](N3CCC(Oc4ccc(Br)cc4)C3)CO2)c1. The van der Waals surface area contributed by atoms with Gasteiger partial charge in [-0.3, -0.25) is 4.90 Å². The van der Waals surface area contributed by atoms with Crippen molar-refractivity contribution in [1.82, 2.24) is 4.90 Å². The van der Waals surface area contributed by atoms with Crippen molar-refractivity contribution in [1.29, 1.82) is 0 Å². The molecule has 0 bridgehead atoms. The van der Waals surface area contributed by atoms with Crippen LogP contribution in [0.1, 0.15) is 30.9 Å². The smallest absolute Gasteiger partial charge is 0.129 e. The molecule has 2 fully saturated rings. The molecule has 2 aromatic rings. The highest BCUT2D eigenvalue weighted by atomic mass is 79.9. The predicted molar refractivity (Wildman–Crippen MR) is 103 cm³/mol. The molecule has 2 saturated heterocycles. The fourth-order valence-corrected chi connectivity index (χ4v) is 4.18. The van der Waals surface area contributed by atoms with Gasteiger partial charge in [0.2, 0.25) is 0 Å². The largest absolute Gasteiger partial charge is 0.489 e. The maximum Gasteiger partial charge on any atom is 0.129 e. The van der Waals surface area contributed by atoms with Crippen LogP contribution in [-0.2, 0) is 4.74 Å². The lowest BCUT2D eigenvalue weighted by Crippen LogP contribution is -2.41. The molecule has 3 nitrogen and oxygen atoms in total. The van der Waals surface area contributed by atoms with Gasteiger partial charge < -0.3 is 9.47 Å². The van der Waals surface area contributed by atoms with E-state index in [2.05, 4.69) is 20.8 Å². The standard InChI is InChI=1S/C21H22BrF2NO2/c22-14-1-5-17(6-2-14)27-18-9-10-25(12-18)16-4-8-21(26-13-16)19-11-15(23)3-7-20(19)24/h1-3,5-7,11,16,18,21H,4,8-10,12-13H2/t16-,18?,21+/m1/s1. The molecule has 0 amide bonds. The van der Waals surface area contributed by atoms with Gasteiger partial charge >= 0.3 is 0 Å². The van der Waals surface area contributed by atoms with Crippen LogP contribution in [-0.4, -0.2) is 36.7 Å². The molecule has 0 N–H and O–H groups in total. The summed E-state index contributed by atoms with van der Waals surface area (Å²) in [6.07, 6.45) is 2.39. The first-order chi connectivity index (χ1) is 13.1. The van der Waals surface area contributed by atoms with Gasteiger partial charge in [-0.15, -0.1) is 0 Å². The average Bonchev–Trinajstić information content (AvgIpc) is 3.14. The Kier molecular flexibility index (Phi) is 5.76. The minimum atomic E-state index is -0.426. The quantitative estimate of drug-likeness (QED) is 0.663. The van der Waals surface area contributed by atoms with Gasteiger partial charge in [0.25, 0.3) is 0 Å². The summed E-state index contributed by atoms with van der Waals surface area (Å²) in [5, 5.41) is 0. The minimum Gasteiger partial charge on any atom is -0.489 e. The highest BCUT2D eigenvalue weighted by molar-refractivity contribution is 9.10. The molecule has 2 aliphatic rings. The summed E-state index contributed by atoms with van der Waals surface area (Å²) in [5.74, 6) is 0.0557. The molecular weight excluding hydrogens is 416 g/mol. The van der Waals surface area contributed by atoms with Gasteiger partial charge in [-0.05, 0) is 61.7 Å². The predicted octanol–water partition coefficient (Wildman–Crippen LogP) is 5.10. The average molecular weight is 438 g/mol. The molecule has 27 heavy (non-hydrogen) atoms. The molecule has 144 valence electrons. The Labute approximate surface area is 166 Å². The molecular formula is C21H22BrF2NO2. The number of hydrogen-bond acceptors (Lipinski definition) is 3. The van der Waals surface area contributed by atoms with Gasteiger partial charge in [0.05, 0.1) is 12.7 Å². The maximum atomic E-state index is 14.0. The lowest BCUT2D eigenvalue weighted by atomic mass is 9.98. The summed E-state index contributed by atoms with van der Waals surface area (Å²) < 4.78 is 40.4. The van der Waals surface area contributed by atoms with Crippen LogP contribution < -0.4 is 4.74 Å². The first-order valence-electron chi connectivity index (χ1n) is 9.31. The lowest BCUT2D eigenvalue weighted by molar-refractivity contribution is -0.0361. The van der Waals surface area contributed by atoms with Crippen LogP contribution >= 0.6 is 15.9 Å². The highest BCUT2D eigenvalue weighted by Crippen LogP contribution is 2.33. The fourth-order valence-electron chi connectivity index (χ4n) is 3.92. The second-order valence-electron chi connectivity index (χ2n) is 7.20. The normalized spacial score (nSPS) is 26.3. The van der Waals surface area contributed by atoms with Crippen LogP contribution in [0.25, 0.3) is 0 Å². The molecule has 1 unspecified atom stereocenters. The van der Waals surface area contributed by atoms with Crippen molar-refractivity contribution < 1.29 is 18.3 Å². The Morgan fingerprint density at radius 2 is 1.85 bits per heavy atom. The molecule has 3 atom stereocenters. The zero-order valence-electron chi connectivity index (χ0n) is 14.9. The van der Waals surface area contributed by atoms with E-state index in [0.717, 1.165) is 42.2 Å². The number of benzene rings is 2. The number of halogens is 3. The molecule has 0 spiro atoms. The number of nitrogens with zero attached hydrogens (tertiary/aromatic N) is 1. The summed E-state index contributed by atoms with van der Waals surface area (Å²) >= 11 is 3.43. The van der Waals surface area contributed by atoms with E-state index in [-0.39, 0.29) is 12.2 Å². The number of rotatable bonds is 4. The van der Waals surface area contributed by atoms with Crippen LogP contribution in [0.4, 0.5) is 8.78 Å². The van der Waals surface area contributed by atoms with Crippen LogP contribution in [0.5, 0.6) is 5.75 Å². The van der Waals surface area contributed by atoms with Crippen molar-refractivity contribution in [2.75, 3.05) is 19.7 Å². The molecule has 2 aromatic carbocycles. The Morgan fingerprint density at radius 1 is 1.04 bits per heavy atom. The van der Waals surface area contributed by atoms with Crippen LogP contribution in [0, 0.1) is 11.6 Å². The van der Waals surface area contributed by atoms with Crippen molar-refractivity contribution in [3.63, 3.8) is 0 Å². The Bertz CT molecular complexity index is 778. The zero-order chi connectivity index (χ0) is 18.8. The summed E-state index contributed by atoms with van der Waals surface area (Å²) in [5.41, 5.74) is 0.325. The minimum absolute atomic E-state index is 0.171. The number of likely N-dealkylation sites (tertiary alicyclic amines) is 1. The summed E-state index contributed by atoms with van der Waals surface area (Å²) in [6, 6.07) is 11.7. The van der Waals surface area contributed by atoms with E-state index >= 15 is 0 Å². The topological polar surface area (TPSA) is 21.7 Å². The molecule has 6 heteroatoms. The molecule has 4 rings (SSSR count). The van der Waals surface area contributed by atoms with Gasteiger partial charge in [-0.1, -0.05) is 15.9 Å². The third-order valence-corrected chi connectivity index (χ3v) is 5.89. The van der Waals surface area contributed by atoms with E-state index < -0.39 is 11.6 Å². The Hall–Kier alpha value is -1.50. The van der Waals surface area contributed by atoms with E-state index in [1.54, 1.807) is 0 Å². The highest BCUT2D eigenvalue weighted by Gasteiger charge is 2.33. The van der Waals surface area contributed by atoms with Gasteiger partial charge in [0.1, 0.15) is 23.5 Å². The molecule has 0 radical (unpaired) electrons. The van der Waals surface area contributed by atoms with Gasteiger partial charge in [-0.2, -0.15) is 0 Å². The second-order valence-corrected chi connectivity index (χ2v) is 8.11. The molecule has 2 aliphatic heterocycles. The van der Waals surface area contributed by atoms with E-state index in [1.165, 1.54) is 12.1 Å². The lowest BCUT2D eigenvalue weighted by Gasteiger charge is -2.35. The van der Waals surface area contributed by atoms with E-state index in [0.29, 0.717) is 24.6 Å². The van der Waals surface area contributed by atoms with Gasteiger partial charge in [-0.25, -0.2) is 8.78 Å². The third-order valence-electron chi connectivity index (χ3n) is 5.37. The van der Waals surface area contributed by atoms with Crippen molar-refractivity contribution in [2.24, 2.45) is 0 Å². The Balaban J connectivity index is 1.30. The fraction of sp³-hybridized carbons (Fsp3) is 0.429. The molecule has 0 aliphatic carbocycles. The van der Waals surface area contributed by atoms with Crippen LogP contribution in [0.2, 0.25) is 0 Å². The van der Waals surface area contributed by atoms with E-state index in [1.807, 2.05) is 24.3 Å².